The molecule has 0 radical (unpaired) electrons. The molecule has 106 valence electrons. The Bertz CT molecular complexity index is 630. The second-order valence-corrected chi connectivity index (χ2v) is 4.81. The van der Waals surface area contributed by atoms with E-state index >= 15 is 0 Å². The lowest BCUT2D eigenvalue weighted by molar-refractivity contribution is 0.405. The van der Waals surface area contributed by atoms with E-state index in [4.69, 9.17) is 26.8 Å². The number of nitrogens with one attached hydrogen (secondary N) is 1. The minimum atomic E-state index is 0.493. The minimum Gasteiger partial charge on any atom is -0.495 e. The van der Waals surface area contributed by atoms with Crippen molar-refractivity contribution in [2.75, 3.05) is 25.3 Å². The summed E-state index contributed by atoms with van der Waals surface area (Å²) < 4.78 is 10.5. The number of benzene rings is 2. The monoisotopic (exact) mass is 292 g/mol. The highest BCUT2D eigenvalue weighted by Gasteiger charge is 2.11. The molecule has 5 heteroatoms. The van der Waals surface area contributed by atoms with Crippen LogP contribution >= 0.6 is 11.6 Å². The van der Waals surface area contributed by atoms with Gasteiger partial charge in [-0.05, 0) is 24.6 Å². The first kappa shape index (κ1) is 14.3. The van der Waals surface area contributed by atoms with Gasteiger partial charge in [0.25, 0.3) is 0 Å². The van der Waals surface area contributed by atoms with E-state index in [1.54, 1.807) is 26.4 Å². The number of rotatable bonds is 4. The lowest BCUT2D eigenvalue weighted by Gasteiger charge is -2.15. The molecule has 2 aromatic carbocycles. The molecule has 0 unspecified atom stereocenters. The van der Waals surface area contributed by atoms with Gasteiger partial charge in [-0.2, -0.15) is 0 Å². The summed E-state index contributed by atoms with van der Waals surface area (Å²) in [6.07, 6.45) is 0. The number of methoxy groups -OCH3 is 2. The molecule has 20 heavy (non-hydrogen) atoms. The molecule has 0 aromatic heterocycles. The van der Waals surface area contributed by atoms with Crippen LogP contribution in [0.3, 0.4) is 0 Å². The maximum Gasteiger partial charge on any atom is 0.144 e. The highest BCUT2D eigenvalue weighted by atomic mass is 35.5. The van der Waals surface area contributed by atoms with Crippen molar-refractivity contribution in [2.45, 2.75) is 6.92 Å². The van der Waals surface area contributed by atoms with Crippen molar-refractivity contribution in [3.8, 4) is 11.5 Å². The summed E-state index contributed by atoms with van der Waals surface area (Å²) >= 11 is 6.08. The van der Waals surface area contributed by atoms with Gasteiger partial charge in [0.2, 0.25) is 0 Å². The largest absolute Gasteiger partial charge is 0.495 e. The smallest absolute Gasteiger partial charge is 0.144 e. The van der Waals surface area contributed by atoms with Gasteiger partial charge in [-0.3, -0.25) is 0 Å². The van der Waals surface area contributed by atoms with E-state index in [1.807, 2.05) is 25.1 Å². The average molecular weight is 293 g/mol. The van der Waals surface area contributed by atoms with E-state index in [-0.39, 0.29) is 0 Å². The fraction of sp³-hybridized carbons (Fsp3) is 0.200. The summed E-state index contributed by atoms with van der Waals surface area (Å²) in [6.45, 7) is 2.00. The van der Waals surface area contributed by atoms with Crippen LogP contribution in [0.25, 0.3) is 0 Å². The van der Waals surface area contributed by atoms with Gasteiger partial charge in [0.15, 0.2) is 0 Å². The first-order valence-corrected chi connectivity index (χ1v) is 6.47. The third-order valence-electron chi connectivity index (χ3n) is 2.95. The van der Waals surface area contributed by atoms with Crippen LogP contribution in [0.1, 0.15) is 5.56 Å². The number of nitrogens with two attached hydrogens (primary N) is 1. The van der Waals surface area contributed by atoms with Crippen molar-refractivity contribution in [2.24, 2.45) is 0 Å². The molecule has 0 aliphatic heterocycles. The minimum absolute atomic E-state index is 0.493. The summed E-state index contributed by atoms with van der Waals surface area (Å²) in [5.74, 6) is 1.19. The summed E-state index contributed by atoms with van der Waals surface area (Å²) in [6, 6.07) is 9.27. The second-order valence-electron chi connectivity index (χ2n) is 4.40. The van der Waals surface area contributed by atoms with Crippen molar-refractivity contribution < 1.29 is 9.47 Å². The zero-order valence-corrected chi connectivity index (χ0v) is 12.4. The van der Waals surface area contributed by atoms with Crippen molar-refractivity contribution >= 4 is 28.7 Å². The predicted molar refractivity (Wildman–Crippen MR) is 83.4 cm³/mol. The molecule has 0 bridgehead atoms. The van der Waals surface area contributed by atoms with Crippen molar-refractivity contribution in [1.82, 2.24) is 0 Å². The highest BCUT2D eigenvalue weighted by Crippen LogP contribution is 2.38. The van der Waals surface area contributed by atoms with Crippen LogP contribution in [-0.4, -0.2) is 14.2 Å². The first-order chi connectivity index (χ1) is 9.55. The van der Waals surface area contributed by atoms with Gasteiger partial charge in [0, 0.05) is 12.1 Å². The number of hydrogen-bond acceptors (Lipinski definition) is 4. The Morgan fingerprint density at radius 3 is 2.35 bits per heavy atom. The highest BCUT2D eigenvalue weighted by molar-refractivity contribution is 6.32. The lowest BCUT2D eigenvalue weighted by Crippen LogP contribution is -1.99. The maximum absolute atomic E-state index is 6.08. The second kappa shape index (κ2) is 5.92. The Balaban J connectivity index is 2.44. The van der Waals surface area contributed by atoms with Crippen LogP contribution in [0, 0.1) is 6.92 Å². The summed E-state index contributed by atoms with van der Waals surface area (Å²) in [7, 11) is 3.15. The number of halogens is 1. The molecule has 0 heterocycles. The van der Waals surface area contributed by atoms with E-state index < -0.39 is 0 Å². The number of nitrogen functional groups attached to an aromatic ring is 1. The van der Waals surface area contributed by atoms with E-state index in [0.717, 1.165) is 16.9 Å². The average Bonchev–Trinajstić information content (AvgIpc) is 2.44. The molecule has 2 aromatic rings. The Kier molecular flexibility index (Phi) is 4.25. The third kappa shape index (κ3) is 2.91. The predicted octanol–water partition coefficient (Wildman–Crippen LogP) is 3.99. The van der Waals surface area contributed by atoms with Crippen LogP contribution in [0.15, 0.2) is 30.3 Å². The fourth-order valence-corrected chi connectivity index (χ4v) is 2.11. The number of aryl methyl sites for hydroxylation is 1. The Hall–Kier alpha value is -2.07. The van der Waals surface area contributed by atoms with Gasteiger partial charge < -0.3 is 20.5 Å². The molecule has 0 aliphatic carbocycles. The lowest BCUT2D eigenvalue weighted by atomic mass is 10.2. The van der Waals surface area contributed by atoms with Crippen LogP contribution < -0.4 is 20.5 Å². The summed E-state index contributed by atoms with van der Waals surface area (Å²) in [4.78, 5) is 0. The van der Waals surface area contributed by atoms with E-state index in [9.17, 15) is 0 Å². The van der Waals surface area contributed by atoms with Gasteiger partial charge in [-0.25, -0.2) is 0 Å². The van der Waals surface area contributed by atoms with Crippen molar-refractivity contribution in [1.29, 1.82) is 0 Å². The van der Waals surface area contributed by atoms with Crippen molar-refractivity contribution in [3.05, 3.63) is 40.9 Å². The normalized spacial score (nSPS) is 10.2. The number of ether oxygens (including phenoxy) is 2. The molecular formula is C15H17ClN2O2. The maximum atomic E-state index is 6.08. The van der Waals surface area contributed by atoms with E-state index in [0.29, 0.717) is 22.2 Å². The SMILES string of the molecule is COc1cc(Nc2cc(C)ccc2N)c(OC)cc1Cl. The Labute approximate surface area is 123 Å². The summed E-state index contributed by atoms with van der Waals surface area (Å²) in [5.41, 5.74) is 9.29. The van der Waals surface area contributed by atoms with Gasteiger partial charge >= 0.3 is 0 Å². The molecule has 2 rings (SSSR count). The number of anilines is 3. The molecule has 4 nitrogen and oxygen atoms in total. The molecular weight excluding hydrogens is 276 g/mol. The van der Waals surface area contributed by atoms with E-state index in [1.165, 1.54) is 0 Å². The van der Waals surface area contributed by atoms with Gasteiger partial charge in [0.05, 0.1) is 36.3 Å². The van der Waals surface area contributed by atoms with Gasteiger partial charge in [-0.15, -0.1) is 0 Å². The molecule has 0 saturated heterocycles. The molecule has 0 saturated carbocycles. The van der Waals surface area contributed by atoms with Crippen LogP contribution in [0.5, 0.6) is 11.5 Å². The van der Waals surface area contributed by atoms with Gasteiger partial charge in [0.1, 0.15) is 11.5 Å². The van der Waals surface area contributed by atoms with E-state index in [2.05, 4.69) is 5.32 Å². The molecule has 0 amide bonds. The molecule has 0 fully saturated rings. The Morgan fingerprint density at radius 1 is 1.00 bits per heavy atom. The van der Waals surface area contributed by atoms with Crippen molar-refractivity contribution in [3.63, 3.8) is 0 Å². The zero-order chi connectivity index (χ0) is 14.7. The third-order valence-corrected chi connectivity index (χ3v) is 3.25. The Morgan fingerprint density at radius 2 is 1.70 bits per heavy atom. The fourth-order valence-electron chi connectivity index (χ4n) is 1.88. The molecule has 0 aliphatic rings. The van der Waals surface area contributed by atoms with Crippen LogP contribution in [0.2, 0.25) is 5.02 Å². The molecule has 0 atom stereocenters. The summed E-state index contributed by atoms with van der Waals surface area (Å²) in [5, 5.41) is 3.74. The number of hydrogen-bond donors (Lipinski definition) is 2. The standard InChI is InChI=1S/C15H17ClN2O2/c1-9-4-5-11(17)12(6-9)18-13-8-14(19-2)10(16)7-15(13)20-3/h4-8,18H,17H2,1-3H3. The van der Waals surface area contributed by atoms with Crippen LogP contribution in [0.4, 0.5) is 17.1 Å². The van der Waals surface area contributed by atoms with Gasteiger partial charge in [-0.1, -0.05) is 17.7 Å². The topological polar surface area (TPSA) is 56.5 Å². The van der Waals surface area contributed by atoms with Crippen LogP contribution in [-0.2, 0) is 0 Å². The first-order valence-electron chi connectivity index (χ1n) is 6.10. The molecule has 0 spiro atoms. The quantitative estimate of drug-likeness (QED) is 0.837. The molecule has 3 N–H and O–H groups in total. The zero-order valence-electron chi connectivity index (χ0n) is 11.7.